The zero-order chi connectivity index (χ0) is 21.4. The van der Waals surface area contributed by atoms with Gasteiger partial charge in [0.05, 0.1) is 5.56 Å². The molecule has 6 heteroatoms. The lowest BCUT2D eigenvalue weighted by atomic mass is 9.90. The van der Waals surface area contributed by atoms with E-state index in [1.54, 1.807) is 12.1 Å². The predicted molar refractivity (Wildman–Crippen MR) is 120 cm³/mol. The van der Waals surface area contributed by atoms with E-state index in [-0.39, 0.29) is 4.92 Å². The van der Waals surface area contributed by atoms with E-state index in [0.717, 1.165) is 22.3 Å². The van der Waals surface area contributed by atoms with Crippen LogP contribution in [0, 0.1) is 10.1 Å². The van der Waals surface area contributed by atoms with E-state index in [2.05, 4.69) is 0 Å². The Morgan fingerprint density at radius 2 is 1.55 bits per heavy atom. The lowest BCUT2D eigenvalue weighted by Crippen LogP contribution is -2.38. The molecular weight excluding hydrogens is 392 g/mol. The van der Waals surface area contributed by atoms with Crippen molar-refractivity contribution in [1.29, 1.82) is 0 Å². The molecule has 0 amide bonds. The number of nitro groups is 1. The molecule has 2 heterocycles. The Morgan fingerprint density at radius 3 is 2.26 bits per heavy atom. The van der Waals surface area contributed by atoms with Crippen LogP contribution in [0.3, 0.4) is 0 Å². The Hall–Kier alpha value is -4.19. The van der Waals surface area contributed by atoms with Crippen molar-refractivity contribution < 1.29 is 9.34 Å². The maximum atomic E-state index is 13.0. The van der Waals surface area contributed by atoms with Crippen LogP contribution in [-0.2, 0) is 0 Å². The smallest absolute Gasteiger partial charge is 0.342 e. The van der Waals surface area contributed by atoms with Crippen molar-refractivity contribution in [3.63, 3.8) is 0 Å². The molecule has 3 aromatic carbocycles. The Labute approximate surface area is 177 Å². The van der Waals surface area contributed by atoms with Crippen molar-refractivity contribution >= 4 is 28.4 Å². The van der Waals surface area contributed by atoms with Crippen LogP contribution in [0.25, 0.3) is 22.7 Å². The van der Waals surface area contributed by atoms with Crippen LogP contribution >= 0.6 is 0 Å². The number of benzene rings is 3. The number of hydrogen-bond donors (Lipinski definition) is 0. The van der Waals surface area contributed by atoms with Gasteiger partial charge in [0, 0.05) is 27.3 Å². The molecule has 1 aliphatic heterocycles. The van der Waals surface area contributed by atoms with Gasteiger partial charge in [-0.3, -0.25) is 10.1 Å². The Balaban J connectivity index is 1.87. The maximum absolute atomic E-state index is 13.0. The van der Waals surface area contributed by atoms with Gasteiger partial charge in [0.25, 0.3) is 0 Å². The first kappa shape index (κ1) is 18.8. The van der Waals surface area contributed by atoms with Crippen molar-refractivity contribution in [3.05, 3.63) is 122 Å². The van der Waals surface area contributed by atoms with Gasteiger partial charge in [-0.2, -0.15) is 0 Å². The average molecular weight is 410 g/mol. The van der Waals surface area contributed by atoms with Crippen molar-refractivity contribution in [2.75, 3.05) is 11.4 Å². The average Bonchev–Trinajstić information content (AvgIpc) is 2.79. The molecule has 0 aliphatic carbocycles. The number of rotatable bonds is 4. The third kappa shape index (κ3) is 3.28. The number of nitrogens with zero attached hydrogens (tertiary/aromatic N) is 2. The van der Waals surface area contributed by atoms with Gasteiger partial charge in [0.1, 0.15) is 11.6 Å². The summed E-state index contributed by atoms with van der Waals surface area (Å²) in [4.78, 5) is 26.2. The minimum absolute atomic E-state index is 0.305. The normalized spacial score (nSPS) is 15.4. The first-order chi connectivity index (χ1) is 15.1. The molecule has 1 atom stereocenters. The van der Waals surface area contributed by atoms with E-state index >= 15 is 0 Å². The molecule has 31 heavy (non-hydrogen) atoms. The first-order valence-electron chi connectivity index (χ1n) is 9.92. The Morgan fingerprint density at radius 1 is 0.903 bits per heavy atom. The largest absolute Gasteiger partial charge is 0.422 e. The van der Waals surface area contributed by atoms with Gasteiger partial charge in [-0.1, -0.05) is 66.7 Å². The highest BCUT2D eigenvalue weighted by atomic mass is 16.6. The van der Waals surface area contributed by atoms with Crippen molar-refractivity contribution in [2.24, 2.45) is 0 Å². The van der Waals surface area contributed by atoms with Gasteiger partial charge in [-0.25, -0.2) is 4.79 Å². The van der Waals surface area contributed by atoms with Crippen LogP contribution < -0.4 is 10.5 Å². The monoisotopic (exact) mass is 410 g/mol. The van der Waals surface area contributed by atoms with Gasteiger partial charge >= 0.3 is 5.63 Å². The SMILES string of the molecule is O=c1oc2ccccc2c2c1C(C[N+](=O)[O-])N(c1ccccc1)C(c1ccccc1)=C2. The van der Waals surface area contributed by atoms with Crippen LogP contribution in [-0.4, -0.2) is 11.5 Å². The Bertz CT molecular complexity index is 1360. The molecule has 1 aromatic heterocycles. The number of anilines is 1. The fourth-order valence-corrected chi connectivity index (χ4v) is 4.22. The van der Waals surface area contributed by atoms with E-state index in [0.29, 0.717) is 16.7 Å². The highest BCUT2D eigenvalue weighted by molar-refractivity contribution is 6.00. The molecular formula is C25H18N2O4. The summed E-state index contributed by atoms with van der Waals surface area (Å²) in [6, 6.07) is 25.6. The lowest BCUT2D eigenvalue weighted by molar-refractivity contribution is -0.483. The first-order valence-corrected chi connectivity index (χ1v) is 9.92. The standard InChI is InChI=1S/C25H18N2O4/c28-25-24-20(19-13-7-8-14-23(19)31-25)15-21(17-9-3-1-4-10-17)27(22(24)16-26(29)30)18-11-5-2-6-12-18/h1-15,22H,16H2. The summed E-state index contributed by atoms with van der Waals surface area (Å²) in [6.45, 7) is -0.435. The highest BCUT2D eigenvalue weighted by Crippen LogP contribution is 2.42. The van der Waals surface area contributed by atoms with Gasteiger partial charge in [0.15, 0.2) is 0 Å². The molecule has 0 spiro atoms. The molecule has 5 rings (SSSR count). The van der Waals surface area contributed by atoms with Gasteiger partial charge in [0.2, 0.25) is 6.54 Å². The van der Waals surface area contributed by atoms with Crippen LogP contribution in [0.4, 0.5) is 5.69 Å². The predicted octanol–water partition coefficient (Wildman–Crippen LogP) is 5.13. The van der Waals surface area contributed by atoms with Crippen molar-refractivity contribution in [2.45, 2.75) is 6.04 Å². The quantitative estimate of drug-likeness (QED) is 0.265. The topological polar surface area (TPSA) is 76.6 Å². The molecule has 1 unspecified atom stereocenters. The summed E-state index contributed by atoms with van der Waals surface area (Å²) in [6.07, 6.45) is 1.94. The third-order valence-corrected chi connectivity index (χ3v) is 5.50. The van der Waals surface area contributed by atoms with Crippen LogP contribution in [0.15, 0.2) is 94.1 Å². The minimum Gasteiger partial charge on any atom is -0.422 e. The second kappa shape index (κ2) is 7.57. The molecule has 0 saturated heterocycles. The van der Waals surface area contributed by atoms with E-state index < -0.39 is 18.2 Å². The number of fused-ring (bicyclic) bond motifs is 3. The summed E-state index contributed by atoms with van der Waals surface area (Å²) < 4.78 is 5.56. The van der Waals surface area contributed by atoms with Gasteiger partial charge < -0.3 is 9.32 Å². The molecule has 1 aliphatic rings. The molecule has 6 nitrogen and oxygen atoms in total. The second-order valence-electron chi connectivity index (χ2n) is 7.35. The van der Waals surface area contributed by atoms with Gasteiger partial charge in [-0.05, 0) is 29.8 Å². The van der Waals surface area contributed by atoms with E-state index in [1.807, 2.05) is 83.8 Å². The minimum atomic E-state index is -0.812. The molecule has 4 aromatic rings. The number of para-hydroxylation sites is 2. The van der Waals surface area contributed by atoms with Crippen LogP contribution in [0.1, 0.15) is 22.7 Å². The van der Waals surface area contributed by atoms with Crippen molar-refractivity contribution in [3.8, 4) is 0 Å². The zero-order valence-electron chi connectivity index (χ0n) is 16.5. The van der Waals surface area contributed by atoms with E-state index in [1.165, 1.54) is 0 Å². The fraction of sp³-hybridized carbons (Fsp3) is 0.0800. The van der Waals surface area contributed by atoms with Gasteiger partial charge in [-0.15, -0.1) is 0 Å². The molecule has 0 radical (unpaired) electrons. The zero-order valence-corrected chi connectivity index (χ0v) is 16.5. The summed E-state index contributed by atoms with van der Waals surface area (Å²) in [5.74, 6) is 0. The molecule has 0 N–H and O–H groups in total. The summed E-state index contributed by atoms with van der Waals surface area (Å²) >= 11 is 0. The molecule has 152 valence electrons. The van der Waals surface area contributed by atoms with Crippen LogP contribution in [0.2, 0.25) is 0 Å². The second-order valence-corrected chi connectivity index (χ2v) is 7.35. The summed E-state index contributed by atoms with van der Waals surface area (Å²) in [5.41, 5.74) is 3.35. The van der Waals surface area contributed by atoms with E-state index in [4.69, 9.17) is 4.42 Å². The van der Waals surface area contributed by atoms with E-state index in [9.17, 15) is 14.9 Å². The molecule has 0 saturated carbocycles. The Kier molecular flexibility index (Phi) is 4.59. The third-order valence-electron chi connectivity index (χ3n) is 5.50. The fourth-order valence-electron chi connectivity index (χ4n) is 4.22. The summed E-state index contributed by atoms with van der Waals surface area (Å²) in [5, 5.41) is 12.5. The highest BCUT2D eigenvalue weighted by Gasteiger charge is 2.37. The number of hydrogen-bond acceptors (Lipinski definition) is 5. The van der Waals surface area contributed by atoms with Crippen LogP contribution in [0.5, 0.6) is 0 Å². The maximum Gasteiger partial charge on any atom is 0.342 e. The lowest BCUT2D eigenvalue weighted by Gasteiger charge is -2.37. The molecule has 0 bridgehead atoms. The molecule has 0 fully saturated rings. The van der Waals surface area contributed by atoms with Crippen molar-refractivity contribution in [1.82, 2.24) is 0 Å². The summed E-state index contributed by atoms with van der Waals surface area (Å²) in [7, 11) is 0.